The second-order valence-corrected chi connectivity index (χ2v) is 4.89. The van der Waals surface area contributed by atoms with Gasteiger partial charge in [-0.3, -0.25) is 4.90 Å². The summed E-state index contributed by atoms with van der Waals surface area (Å²) in [5.41, 5.74) is 6.59. The Morgan fingerprint density at radius 2 is 2.20 bits per heavy atom. The van der Waals surface area contributed by atoms with Gasteiger partial charge in [-0.05, 0) is 31.7 Å². The number of halogens is 2. The van der Waals surface area contributed by atoms with Crippen molar-refractivity contribution in [2.75, 3.05) is 7.05 Å². The van der Waals surface area contributed by atoms with E-state index in [1.807, 2.05) is 25.2 Å². The summed E-state index contributed by atoms with van der Waals surface area (Å²) >= 11 is 6.00. The Bertz CT molecular complexity index is 547. The van der Waals surface area contributed by atoms with Crippen LogP contribution in [0.25, 0.3) is 0 Å². The lowest BCUT2D eigenvalue weighted by atomic mass is 10.1. The highest BCUT2D eigenvalue weighted by molar-refractivity contribution is 6.30. The maximum atomic E-state index is 6.00. The van der Waals surface area contributed by atoms with Gasteiger partial charge in [0.05, 0.1) is 13.1 Å². The molecular weight excluding hydrogens is 299 g/mol. The first-order chi connectivity index (χ1) is 9.10. The molecule has 0 amide bonds. The highest BCUT2D eigenvalue weighted by Crippen LogP contribution is 2.22. The average molecular weight is 317 g/mol. The van der Waals surface area contributed by atoms with E-state index in [4.69, 9.17) is 21.9 Å². The van der Waals surface area contributed by atoms with Gasteiger partial charge in [0.25, 0.3) is 0 Å². The summed E-state index contributed by atoms with van der Waals surface area (Å²) in [6, 6.07) is 8.03. The van der Waals surface area contributed by atoms with Crippen LogP contribution < -0.4 is 5.73 Å². The van der Waals surface area contributed by atoms with E-state index >= 15 is 0 Å². The van der Waals surface area contributed by atoms with E-state index in [2.05, 4.69) is 28.0 Å². The maximum Gasteiger partial charge on any atom is 0.240 e. The van der Waals surface area contributed by atoms with E-state index in [9.17, 15) is 0 Å². The summed E-state index contributed by atoms with van der Waals surface area (Å²) in [5, 5.41) is 4.63. The monoisotopic (exact) mass is 316 g/mol. The first kappa shape index (κ1) is 16.9. The summed E-state index contributed by atoms with van der Waals surface area (Å²) in [5.74, 6) is 1.09. The van der Waals surface area contributed by atoms with Crippen LogP contribution in [0, 0.1) is 0 Å². The van der Waals surface area contributed by atoms with Crippen molar-refractivity contribution < 1.29 is 4.52 Å². The lowest BCUT2D eigenvalue weighted by Crippen LogP contribution is -2.22. The third kappa shape index (κ3) is 4.18. The minimum atomic E-state index is 0. The van der Waals surface area contributed by atoms with Crippen molar-refractivity contribution in [1.82, 2.24) is 15.0 Å². The molecule has 0 radical (unpaired) electrons. The van der Waals surface area contributed by atoms with Gasteiger partial charge < -0.3 is 10.3 Å². The minimum Gasteiger partial charge on any atom is -0.338 e. The molecule has 1 atom stereocenters. The van der Waals surface area contributed by atoms with E-state index in [0.29, 0.717) is 18.3 Å². The van der Waals surface area contributed by atoms with Gasteiger partial charge in [0.15, 0.2) is 5.82 Å². The van der Waals surface area contributed by atoms with Crippen LogP contribution in [-0.2, 0) is 13.1 Å². The number of rotatable bonds is 5. The van der Waals surface area contributed by atoms with E-state index < -0.39 is 0 Å². The Morgan fingerprint density at radius 1 is 1.45 bits per heavy atom. The molecule has 0 aliphatic heterocycles. The van der Waals surface area contributed by atoms with Crippen LogP contribution in [-0.4, -0.2) is 22.1 Å². The molecule has 0 saturated heterocycles. The smallest absolute Gasteiger partial charge is 0.240 e. The molecule has 110 valence electrons. The maximum absolute atomic E-state index is 6.00. The third-order valence-electron chi connectivity index (χ3n) is 3.07. The van der Waals surface area contributed by atoms with Crippen LogP contribution in [0.15, 0.2) is 28.8 Å². The topological polar surface area (TPSA) is 68.2 Å². The van der Waals surface area contributed by atoms with Crippen molar-refractivity contribution in [2.24, 2.45) is 5.73 Å². The fraction of sp³-hybridized carbons (Fsp3) is 0.385. The molecule has 7 heteroatoms. The van der Waals surface area contributed by atoms with Gasteiger partial charge in [0, 0.05) is 11.1 Å². The van der Waals surface area contributed by atoms with Gasteiger partial charge in [-0.2, -0.15) is 4.98 Å². The fourth-order valence-corrected chi connectivity index (χ4v) is 2.02. The first-order valence-corrected chi connectivity index (χ1v) is 6.45. The molecule has 0 spiro atoms. The van der Waals surface area contributed by atoms with Crippen molar-refractivity contribution in [3.05, 3.63) is 46.6 Å². The van der Waals surface area contributed by atoms with Crippen LogP contribution in [0.3, 0.4) is 0 Å². The summed E-state index contributed by atoms with van der Waals surface area (Å²) in [6.45, 7) is 2.97. The molecular formula is C13H18Cl2N4O. The predicted molar refractivity (Wildman–Crippen MR) is 80.8 cm³/mol. The molecule has 1 aromatic heterocycles. The SMILES string of the molecule is CC(c1cccc(Cl)c1)N(C)Cc1noc(CN)n1.Cl. The normalized spacial score (nSPS) is 12.2. The van der Waals surface area contributed by atoms with Crippen molar-refractivity contribution in [3.8, 4) is 0 Å². The largest absolute Gasteiger partial charge is 0.338 e. The Morgan fingerprint density at radius 3 is 2.80 bits per heavy atom. The number of hydrogen-bond acceptors (Lipinski definition) is 5. The van der Waals surface area contributed by atoms with Crippen molar-refractivity contribution in [3.63, 3.8) is 0 Å². The van der Waals surface area contributed by atoms with Gasteiger partial charge in [-0.25, -0.2) is 0 Å². The van der Waals surface area contributed by atoms with Gasteiger partial charge in [0.1, 0.15) is 0 Å². The number of benzene rings is 1. The van der Waals surface area contributed by atoms with Crippen molar-refractivity contribution in [1.29, 1.82) is 0 Å². The molecule has 1 heterocycles. The second kappa shape index (κ2) is 7.59. The minimum absolute atomic E-state index is 0. The molecule has 1 unspecified atom stereocenters. The zero-order chi connectivity index (χ0) is 13.8. The second-order valence-electron chi connectivity index (χ2n) is 4.45. The van der Waals surface area contributed by atoms with Crippen LogP contribution >= 0.6 is 24.0 Å². The zero-order valence-corrected chi connectivity index (χ0v) is 13.0. The van der Waals surface area contributed by atoms with Gasteiger partial charge in [0.2, 0.25) is 5.89 Å². The molecule has 1 aromatic carbocycles. The quantitative estimate of drug-likeness (QED) is 0.918. The Kier molecular flexibility index (Phi) is 6.42. The van der Waals surface area contributed by atoms with E-state index in [0.717, 1.165) is 10.6 Å². The van der Waals surface area contributed by atoms with Crippen molar-refractivity contribution >= 4 is 24.0 Å². The van der Waals surface area contributed by atoms with Crippen molar-refractivity contribution in [2.45, 2.75) is 26.1 Å². The zero-order valence-electron chi connectivity index (χ0n) is 11.4. The molecule has 2 rings (SSSR count). The number of nitrogens with two attached hydrogens (primary N) is 1. The molecule has 0 aliphatic carbocycles. The highest BCUT2D eigenvalue weighted by atomic mass is 35.5. The Balaban J connectivity index is 0.00000200. The summed E-state index contributed by atoms with van der Waals surface area (Å²) in [4.78, 5) is 6.31. The Hall–Kier alpha value is -1.14. The van der Waals surface area contributed by atoms with Gasteiger partial charge in [-0.15, -0.1) is 12.4 Å². The van der Waals surface area contributed by atoms with Crippen LogP contribution in [0.4, 0.5) is 0 Å². The summed E-state index contributed by atoms with van der Waals surface area (Å²) in [7, 11) is 2.00. The summed E-state index contributed by atoms with van der Waals surface area (Å²) < 4.78 is 4.99. The lowest BCUT2D eigenvalue weighted by molar-refractivity contribution is 0.242. The van der Waals surface area contributed by atoms with E-state index in [1.54, 1.807) is 0 Å². The molecule has 0 fully saturated rings. The highest BCUT2D eigenvalue weighted by Gasteiger charge is 2.15. The van der Waals surface area contributed by atoms with Crippen LogP contribution in [0.5, 0.6) is 0 Å². The molecule has 5 nitrogen and oxygen atoms in total. The summed E-state index contributed by atoms with van der Waals surface area (Å²) in [6.07, 6.45) is 0. The van der Waals surface area contributed by atoms with Crippen LogP contribution in [0.1, 0.15) is 30.2 Å². The van der Waals surface area contributed by atoms with E-state index in [-0.39, 0.29) is 25.0 Å². The molecule has 0 bridgehead atoms. The molecule has 0 aliphatic rings. The molecule has 2 aromatic rings. The number of nitrogens with zero attached hydrogens (tertiary/aromatic N) is 3. The molecule has 20 heavy (non-hydrogen) atoms. The van der Waals surface area contributed by atoms with Gasteiger partial charge in [-0.1, -0.05) is 28.9 Å². The molecule has 0 saturated carbocycles. The third-order valence-corrected chi connectivity index (χ3v) is 3.30. The van der Waals surface area contributed by atoms with Crippen LogP contribution in [0.2, 0.25) is 5.02 Å². The van der Waals surface area contributed by atoms with Gasteiger partial charge >= 0.3 is 0 Å². The first-order valence-electron chi connectivity index (χ1n) is 6.07. The lowest BCUT2D eigenvalue weighted by Gasteiger charge is -2.23. The van der Waals surface area contributed by atoms with E-state index in [1.165, 1.54) is 0 Å². The number of aromatic nitrogens is 2. The predicted octanol–water partition coefficient (Wildman–Crippen LogP) is 2.80. The molecule has 2 N–H and O–H groups in total. The Labute approximate surface area is 129 Å². The fourth-order valence-electron chi connectivity index (χ4n) is 1.82. The number of hydrogen-bond donors (Lipinski definition) is 1. The standard InChI is InChI=1S/C13H17ClN4O.ClH/c1-9(10-4-3-5-11(14)6-10)18(2)8-12-16-13(7-15)19-17-12;/h3-6,9H,7-8,15H2,1-2H3;1H. The average Bonchev–Trinajstić information content (AvgIpc) is 2.85.